The molecule has 0 aliphatic carbocycles. The monoisotopic (exact) mass is 420 g/mol. The lowest BCUT2D eigenvalue weighted by Gasteiger charge is -2.30. The molecule has 1 aliphatic rings. The number of hydrogen-bond acceptors (Lipinski definition) is 2. The summed E-state index contributed by atoms with van der Waals surface area (Å²) in [4.78, 5) is 0. The van der Waals surface area contributed by atoms with Crippen molar-refractivity contribution in [3.05, 3.63) is 53.3 Å². The predicted octanol–water partition coefficient (Wildman–Crippen LogP) is 7.40. The van der Waals surface area contributed by atoms with Crippen molar-refractivity contribution in [2.45, 2.75) is 70.8 Å². The van der Waals surface area contributed by atoms with Crippen LogP contribution in [0.5, 0.6) is 5.75 Å². The maximum atomic E-state index is 14.9. The van der Waals surface area contributed by atoms with E-state index < -0.39 is 17.5 Å². The lowest BCUT2D eigenvalue weighted by molar-refractivity contribution is -0.00282. The van der Waals surface area contributed by atoms with Crippen LogP contribution in [-0.2, 0) is 4.74 Å². The van der Waals surface area contributed by atoms with E-state index in [1.54, 1.807) is 19.1 Å². The predicted molar refractivity (Wildman–Crippen MR) is 113 cm³/mol. The molecule has 0 saturated carbocycles. The molecule has 1 fully saturated rings. The summed E-state index contributed by atoms with van der Waals surface area (Å²) in [6, 6.07) is 7.20. The third-order valence-electron chi connectivity index (χ3n) is 5.84. The van der Waals surface area contributed by atoms with E-state index in [2.05, 4.69) is 6.92 Å². The molecule has 0 bridgehead atoms. The first-order valence-electron chi connectivity index (χ1n) is 11.1. The van der Waals surface area contributed by atoms with E-state index in [1.807, 2.05) is 0 Å². The van der Waals surface area contributed by atoms with E-state index in [4.69, 9.17) is 9.47 Å². The minimum absolute atomic E-state index is 0.0217. The molecule has 0 amide bonds. The molecule has 30 heavy (non-hydrogen) atoms. The Bertz CT molecular complexity index is 829. The van der Waals surface area contributed by atoms with Gasteiger partial charge in [-0.15, -0.1) is 0 Å². The van der Waals surface area contributed by atoms with E-state index in [1.165, 1.54) is 37.5 Å². The van der Waals surface area contributed by atoms with Crippen molar-refractivity contribution in [1.29, 1.82) is 0 Å². The van der Waals surface area contributed by atoms with Crippen molar-refractivity contribution in [3.63, 3.8) is 0 Å². The maximum absolute atomic E-state index is 14.9. The topological polar surface area (TPSA) is 18.5 Å². The van der Waals surface area contributed by atoms with Gasteiger partial charge in [-0.3, -0.25) is 0 Å². The first-order valence-corrected chi connectivity index (χ1v) is 11.1. The second-order valence-corrected chi connectivity index (χ2v) is 7.98. The van der Waals surface area contributed by atoms with Gasteiger partial charge in [0, 0.05) is 23.1 Å². The highest BCUT2D eigenvalue weighted by atomic mass is 19.2. The number of unbranched alkanes of at least 4 members (excludes halogenated alkanes) is 3. The zero-order valence-corrected chi connectivity index (χ0v) is 17.9. The minimum atomic E-state index is -1.02. The highest BCUT2D eigenvalue weighted by molar-refractivity contribution is 5.66. The van der Waals surface area contributed by atoms with Gasteiger partial charge in [-0.2, -0.15) is 0 Å². The quantitative estimate of drug-likeness (QED) is 0.393. The number of benzene rings is 2. The Morgan fingerprint density at radius 3 is 2.40 bits per heavy atom. The molecule has 2 aromatic carbocycles. The molecule has 1 saturated heterocycles. The lowest BCUT2D eigenvalue weighted by atomic mass is 9.88. The molecule has 2 aromatic rings. The number of halogens is 3. The van der Waals surface area contributed by atoms with Gasteiger partial charge in [0.1, 0.15) is 11.6 Å². The standard InChI is InChI=1S/C25H31F3O2/c1-3-5-6-7-8-18-10-9-17(16-30-18)20-13-14-22(25(28)24(20)27)21-12-11-19(29-4-2)15-23(21)26/h11-15,17-18H,3-10,16H2,1-2H3. The van der Waals surface area contributed by atoms with Crippen LogP contribution < -0.4 is 4.74 Å². The van der Waals surface area contributed by atoms with Gasteiger partial charge in [0.05, 0.1) is 19.3 Å². The zero-order valence-electron chi connectivity index (χ0n) is 17.9. The second-order valence-electron chi connectivity index (χ2n) is 7.98. The minimum Gasteiger partial charge on any atom is -0.494 e. The van der Waals surface area contributed by atoms with Gasteiger partial charge in [0.25, 0.3) is 0 Å². The van der Waals surface area contributed by atoms with Crippen LogP contribution in [-0.4, -0.2) is 19.3 Å². The van der Waals surface area contributed by atoms with Crippen LogP contribution in [0.25, 0.3) is 11.1 Å². The van der Waals surface area contributed by atoms with Crippen molar-refractivity contribution in [1.82, 2.24) is 0 Å². The highest BCUT2D eigenvalue weighted by Crippen LogP contribution is 2.36. The molecule has 1 aliphatic heterocycles. The smallest absolute Gasteiger partial charge is 0.167 e. The Hall–Kier alpha value is -2.01. The van der Waals surface area contributed by atoms with E-state index in [0.717, 1.165) is 25.7 Å². The summed E-state index contributed by atoms with van der Waals surface area (Å²) in [5.41, 5.74) is 0.253. The Balaban J connectivity index is 1.69. The summed E-state index contributed by atoms with van der Waals surface area (Å²) in [5, 5.41) is 0. The number of hydrogen-bond donors (Lipinski definition) is 0. The molecule has 2 nitrogen and oxygen atoms in total. The molecule has 164 valence electrons. The fraction of sp³-hybridized carbons (Fsp3) is 0.520. The Kier molecular flexibility index (Phi) is 8.20. The van der Waals surface area contributed by atoms with E-state index in [0.29, 0.717) is 24.5 Å². The SMILES string of the molecule is CCCCCCC1CCC(c2ccc(-c3ccc(OCC)cc3F)c(F)c2F)CO1. The summed E-state index contributed by atoms with van der Waals surface area (Å²) >= 11 is 0. The molecule has 5 heteroatoms. The molecule has 0 aromatic heterocycles. The van der Waals surface area contributed by atoms with Gasteiger partial charge in [-0.25, -0.2) is 13.2 Å². The van der Waals surface area contributed by atoms with Crippen molar-refractivity contribution in [2.75, 3.05) is 13.2 Å². The molecule has 0 spiro atoms. The van der Waals surface area contributed by atoms with Gasteiger partial charge >= 0.3 is 0 Å². The molecule has 0 radical (unpaired) electrons. The summed E-state index contributed by atoms with van der Waals surface area (Å²) < 4.78 is 55.3. The lowest BCUT2D eigenvalue weighted by Crippen LogP contribution is -2.25. The van der Waals surface area contributed by atoms with Crippen molar-refractivity contribution in [2.24, 2.45) is 0 Å². The molecule has 1 heterocycles. The largest absolute Gasteiger partial charge is 0.494 e. The van der Waals surface area contributed by atoms with Gasteiger partial charge in [0.2, 0.25) is 0 Å². The highest BCUT2D eigenvalue weighted by Gasteiger charge is 2.27. The first kappa shape index (κ1) is 22.7. The van der Waals surface area contributed by atoms with Crippen LogP contribution >= 0.6 is 0 Å². The van der Waals surface area contributed by atoms with Crippen LogP contribution in [0.1, 0.15) is 70.3 Å². The third kappa shape index (κ3) is 5.37. The van der Waals surface area contributed by atoms with Gasteiger partial charge < -0.3 is 9.47 Å². The first-order chi connectivity index (χ1) is 14.5. The average molecular weight is 421 g/mol. The van der Waals surface area contributed by atoms with Crippen molar-refractivity contribution >= 4 is 0 Å². The van der Waals surface area contributed by atoms with Gasteiger partial charge in [-0.05, 0) is 43.9 Å². The molecule has 2 atom stereocenters. The fourth-order valence-electron chi connectivity index (χ4n) is 4.14. The Labute approximate surface area is 177 Å². The van der Waals surface area contributed by atoms with Crippen LogP contribution in [0.4, 0.5) is 13.2 Å². The average Bonchev–Trinajstić information content (AvgIpc) is 2.75. The number of rotatable bonds is 9. The van der Waals surface area contributed by atoms with E-state index >= 15 is 0 Å². The van der Waals surface area contributed by atoms with Crippen LogP contribution in [0.15, 0.2) is 30.3 Å². The van der Waals surface area contributed by atoms with Crippen molar-refractivity contribution < 1.29 is 22.6 Å². The normalized spacial score (nSPS) is 19.1. The van der Waals surface area contributed by atoms with Gasteiger partial charge in [0.15, 0.2) is 11.6 Å². The molecule has 0 N–H and O–H groups in total. The second kappa shape index (κ2) is 10.9. The Morgan fingerprint density at radius 2 is 1.73 bits per heavy atom. The molecule has 2 unspecified atom stereocenters. The Morgan fingerprint density at radius 1 is 0.933 bits per heavy atom. The number of ether oxygens (including phenoxy) is 2. The van der Waals surface area contributed by atoms with Crippen LogP contribution in [0.2, 0.25) is 0 Å². The maximum Gasteiger partial charge on any atom is 0.167 e. The summed E-state index contributed by atoms with van der Waals surface area (Å²) in [5.74, 6) is -2.38. The zero-order chi connectivity index (χ0) is 21.5. The molecular formula is C25H31F3O2. The molecule has 3 rings (SSSR count). The van der Waals surface area contributed by atoms with E-state index in [-0.39, 0.29) is 23.1 Å². The fourth-order valence-corrected chi connectivity index (χ4v) is 4.14. The van der Waals surface area contributed by atoms with Crippen LogP contribution in [0.3, 0.4) is 0 Å². The summed E-state index contributed by atoms with van der Waals surface area (Å²) in [6.45, 7) is 4.78. The summed E-state index contributed by atoms with van der Waals surface area (Å²) in [6.07, 6.45) is 7.66. The van der Waals surface area contributed by atoms with Crippen molar-refractivity contribution in [3.8, 4) is 16.9 Å². The molecular weight excluding hydrogens is 389 g/mol. The third-order valence-corrected chi connectivity index (χ3v) is 5.84. The van der Waals surface area contributed by atoms with E-state index in [9.17, 15) is 13.2 Å². The summed E-state index contributed by atoms with van der Waals surface area (Å²) in [7, 11) is 0. The van der Waals surface area contributed by atoms with Crippen LogP contribution in [0, 0.1) is 17.5 Å². The van der Waals surface area contributed by atoms with Gasteiger partial charge in [-0.1, -0.05) is 44.7 Å².